The van der Waals surface area contributed by atoms with E-state index in [-0.39, 0.29) is 11.8 Å². The highest BCUT2D eigenvalue weighted by Gasteiger charge is 2.14. The molecule has 0 fully saturated rings. The number of halogens is 1. The van der Waals surface area contributed by atoms with E-state index in [0.717, 1.165) is 15.8 Å². The maximum Gasteiger partial charge on any atom is 0.148 e. The van der Waals surface area contributed by atoms with Crippen LogP contribution in [0.4, 0.5) is 0 Å². The Hall–Kier alpha value is -0.590. The Morgan fingerprint density at radius 1 is 1.44 bits per heavy atom. The van der Waals surface area contributed by atoms with Gasteiger partial charge in [0.1, 0.15) is 15.6 Å². The zero-order valence-corrected chi connectivity index (χ0v) is 13.1. The first-order valence-corrected chi connectivity index (χ1v) is 8.38. The minimum absolute atomic E-state index is 0.0831. The molecule has 0 amide bonds. The van der Waals surface area contributed by atoms with E-state index in [4.69, 9.17) is 4.74 Å². The average molecular weight is 336 g/mol. The molecule has 0 bridgehead atoms. The minimum atomic E-state index is -2.98. The predicted octanol–water partition coefficient (Wildman–Crippen LogP) is 1.63. The Morgan fingerprint density at radius 2 is 2.11 bits per heavy atom. The van der Waals surface area contributed by atoms with Crippen LogP contribution in [0.2, 0.25) is 0 Å². The monoisotopic (exact) mass is 335 g/mol. The molecule has 0 spiro atoms. The number of nitrogens with one attached hydrogen (secondary N) is 1. The molecule has 1 aromatic rings. The summed E-state index contributed by atoms with van der Waals surface area (Å²) in [5.41, 5.74) is 1.06. The smallest absolute Gasteiger partial charge is 0.148 e. The molecular weight excluding hydrogens is 318 g/mol. The molecule has 0 radical (unpaired) electrons. The maximum atomic E-state index is 11.3. The quantitative estimate of drug-likeness (QED) is 0.858. The molecule has 0 saturated carbocycles. The van der Waals surface area contributed by atoms with Gasteiger partial charge >= 0.3 is 0 Å². The van der Waals surface area contributed by atoms with Gasteiger partial charge in [-0.15, -0.1) is 0 Å². The summed E-state index contributed by atoms with van der Waals surface area (Å²) >= 11 is 3.42. The average Bonchev–Trinajstić information content (AvgIpc) is 2.26. The van der Waals surface area contributed by atoms with E-state index in [1.807, 2.05) is 18.2 Å². The first-order valence-electron chi connectivity index (χ1n) is 5.53. The van der Waals surface area contributed by atoms with E-state index in [2.05, 4.69) is 21.2 Å². The zero-order valence-electron chi connectivity index (χ0n) is 10.7. The van der Waals surface area contributed by atoms with Crippen LogP contribution < -0.4 is 10.1 Å². The van der Waals surface area contributed by atoms with Crippen LogP contribution in [0.15, 0.2) is 22.7 Å². The van der Waals surface area contributed by atoms with E-state index in [0.29, 0.717) is 6.42 Å². The molecule has 4 nitrogen and oxygen atoms in total. The fourth-order valence-electron chi connectivity index (χ4n) is 1.73. The number of hydrogen-bond acceptors (Lipinski definition) is 4. The maximum absolute atomic E-state index is 11.3. The van der Waals surface area contributed by atoms with E-state index in [1.165, 1.54) is 6.26 Å². The second-order valence-corrected chi connectivity index (χ2v) is 7.29. The molecule has 0 aromatic heterocycles. The van der Waals surface area contributed by atoms with Gasteiger partial charge in [0.25, 0.3) is 0 Å². The lowest BCUT2D eigenvalue weighted by molar-refractivity contribution is 0.412. The third-order valence-electron chi connectivity index (χ3n) is 2.61. The molecule has 0 aliphatic carbocycles. The third kappa shape index (κ3) is 4.96. The second-order valence-electron chi connectivity index (χ2n) is 4.25. The number of sulfone groups is 1. The van der Waals surface area contributed by atoms with Crippen molar-refractivity contribution in [1.29, 1.82) is 0 Å². The molecule has 0 saturated heterocycles. The van der Waals surface area contributed by atoms with E-state index in [1.54, 1.807) is 14.2 Å². The lowest BCUT2D eigenvalue weighted by atomic mass is 10.1. The molecular formula is C12H18BrNO3S. The summed E-state index contributed by atoms with van der Waals surface area (Å²) in [6, 6.07) is 5.68. The van der Waals surface area contributed by atoms with Gasteiger partial charge in [0.2, 0.25) is 0 Å². The van der Waals surface area contributed by atoms with Gasteiger partial charge in [0, 0.05) is 12.3 Å². The molecule has 1 unspecified atom stereocenters. The molecule has 1 N–H and O–H groups in total. The second kappa shape index (κ2) is 6.54. The Bertz CT molecular complexity index is 502. The largest absolute Gasteiger partial charge is 0.496 e. The van der Waals surface area contributed by atoms with Gasteiger partial charge in [-0.3, -0.25) is 0 Å². The number of likely N-dealkylation sites (N-methyl/N-ethyl adjacent to an activating group) is 1. The first kappa shape index (κ1) is 15.5. The van der Waals surface area contributed by atoms with Crippen molar-refractivity contribution < 1.29 is 13.2 Å². The summed E-state index contributed by atoms with van der Waals surface area (Å²) < 4.78 is 28.6. The molecule has 6 heteroatoms. The summed E-state index contributed by atoms with van der Waals surface area (Å²) in [5.74, 6) is 0.899. The molecule has 18 heavy (non-hydrogen) atoms. The highest BCUT2D eigenvalue weighted by atomic mass is 79.9. The van der Waals surface area contributed by atoms with Crippen molar-refractivity contribution in [3.8, 4) is 5.75 Å². The van der Waals surface area contributed by atoms with Crippen molar-refractivity contribution >= 4 is 25.8 Å². The minimum Gasteiger partial charge on any atom is -0.496 e. The topological polar surface area (TPSA) is 55.4 Å². The Balaban J connectivity index is 2.79. The van der Waals surface area contributed by atoms with Gasteiger partial charge in [-0.25, -0.2) is 8.42 Å². The summed E-state index contributed by atoms with van der Waals surface area (Å²) in [6.45, 7) is 0. The van der Waals surface area contributed by atoms with Gasteiger partial charge in [-0.2, -0.15) is 0 Å². The van der Waals surface area contributed by atoms with E-state index in [9.17, 15) is 8.42 Å². The summed E-state index contributed by atoms with van der Waals surface area (Å²) in [5, 5.41) is 3.03. The zero-order chi connectivity index (χ0) is 13.8. The van der Waals surface area contributed by atoms with Crippen LogP contribution in [0.3, 0.4) is 0 Å². The number of benzene rings is 1. The molecule has 102 valence electrons. The van der Waals surface area contributed by atoms with Crippen LogP contribution in [-0.4, -0.2) is 40.6 Å². The summed E-state index contributed by atoms with van der Waals surface area (Å²) in [6.07, 6.45) is 1.91. The number of ether oxygens (including phenoxy) is 1. The first-order chi connectivity index (χ1) is 8.35. The number of rotatable bonds is 6. The summed E-state index contributed by atoms with van der Waals surface area (Å²) in [4.78, 5) is 0. The van der Waals surface area contributed by atoms with Crippen molar-refractivity contribution in [2.45, 2.75) is 12.5 Å². The van der Waals surface area contributed by atoms with Crippen LogP contribution in [0.25, 0.3) is 0 Å². The Kier molecular flexibility index (Phi) is 5.62. The normalized spacial score (nSPS) is 13.3. The van der Waals surface area contributed by atoms with Crippen LogP contribution in [0, 0.1) is 0 Å². The molecule has 0 aliphatic heterocycles. The molecule has 1 aromatic carbocycles. The standard InChI is InChI=1S/C12H18BrNO3S/c1-14-10(8-18(3,15)16)6-9-4-5-12(17-2)11(13)7-9/h4-5,7,10,14H,6,8H2,1-3H3. The van der Waals surface area contributed by atoms with Crippen LogP contribution in [0.1, 0.15) is 5.56 Å². The lowest BCUT2D eigenvalue weighted by Gasteiger charge is -2.15. The highest BCUT2D eigenvalue weighted by molar-refractivity contribution is 9.10. The van der Waals surface area contributed by atoms with Crippen molar-refractivity contribution in [2.75, 3.05) is 26.2 Å². The van der Waals surface area contributed by atoms with Crippen LogP contribution in [0.5, 0.6) is 5.75 Å². The van der Waals surface area contributed by atoms with Gasteiger partial charge in [-0.05, 0) is 47.1 Å². The van der Waals surface area contributed by atoms with Crippen LogP contribution >= 0.6 is 15.9 Å². The van der Waals surface area contributed by atoms with E-state index >= 15 is 0 Å². The van der Waals surface area contributed by atoms with Gasteiger partial charge in [0.05, 0.1) is 17.3 Å². The van der Waals surface area contributed by atoms with Crippen molar-refractivity contribution in [2.24, 2.45) is 0 Å². The predicted molar refractivity (Wildman–Crippen MR) is 77.0 cm³/mol. The molecule has 0 heterocycles. The van der Waals surface area contributed by atoms with Crippen molar-refractivity contribution in [3.63, 3.8) is 0 Å². The fraction of sp³-hybridized carbons (Fsp3) is 0.500. The van der Waals surface area contributed by atoms with Gasteiger partial charge < -0.3 is 10.1 Å². The molecule has 0 aliphatic rings. The van der Waals surface area contributed by atoms with Gasteiger partial charge in [0.15, 0.2) is 0 Å². The summed E-state index contributed by atoms with van der Waals surface area (Å²) in [7, 11) is 0.406. The Labute approximate surface area is 117 Å². The fourth-order valence-corrected chi connectivity index (χ4v) is 3.33. The van der Waals surface area contributed by atoms with Crippen molar-refractivity contribution in [1.82, 2.24) is 5.32 Å². The number of methoxy groups -OCH3 is 1. The van der Waals surface area contributed by atoms with Gasteiger partial charge in [-0.1, -0.05) is 6.07 Å². The molecule has 1 rings (SSSR count). The molecule has 1 atom stereocenters. The highest BCUT2D eigenvalue weighted by Crippen LogP contribution is 2.26. The van der Waals surface area contributed by atoms with E-state index < -0.39 is 9.84 Å². The number of hydrogen-bond donors (Lipinski definition) is 1. The Morgan fingerprint density at radius 3 is 2.56 bits per heavy atom. The van der Waals surface area contributed by atoms with Crippen LogP contribution in [-0.2, 0) is 16.3 Å². The van der Waals surface area contributed by atoms with Crippen molar-refractivity contribution in [3.05, 3.63) is 28.2 Å². The third-order valence-corrected chi connectivity index (χ3v) is 4.24. The lowest BCUT2D eigenvalue weighted by Crippen LogP contribution is -2.34. The SMILES string of the molecule is CNC(Cc1ccc(OC)c(Br)c1)CS(C)(=O)=O.